The summed E-state index contributed by atoms with van der Waals surface area (Å²) in [6.07, 6.45) is 4.23. The molecule has 1 fully saturated rings. The molecule has 3 aromatic carbocycles. The summed E-state index contributed by atoms with van der Waals surface area (Å²) in [5.41, 5.74) is 3.03. The van der Waals surface area contributed by atoms with Gasteiger partial charge in [0.15, 0.2) is 0 Å². The van der Waals surface area contributed by atoms with Gasteiger partial charge in [-0.05, 0) is 42.3 Å². The number of halogens is 1. The van der Waals surface area contributed by atoms with Crippen LogP contribution in [0.3, 0.4) is 0 Å². The molecular weight excluding hydrogens is 506 g/mol. The first-order valence-corrected chi connectivity index (χ1v) is 14.2. The average Bonchev–Trinajstić information content (AvgIpc) is 2.89. The predicted octanol–water partition coefficient (Wildman–Crippen LogP) is 4.70. The Kier molecular flexibility index (Phi) is 9.16. The zero-order valence-corrected chi connectivity index (χ0v) is 22.5. The zero-order chi connectivity index (χ0) is 26.3. The molecule has 0 atom stereocenters. The van der Waals surface area contributed by atoms with Crippen molar-refractivity contribution in [1.29, 1.82) is 0 Å². The molecule has 0 radical (unpaired) electrons. The maximum Gasteiger partial charge on any atom is 0.243 e. The van der Waals surface area contributed by atoms with E-state index in [4.69, 9.17) is 11.6 Å². The van der Waals surface area contributed by atoms with Gasteiger partial charge in [-0.3, -0.25) is 9.69 Å². The van der Waals surface area contributed by atoms with E-state index in [1.165, 1.54) is 16.4 Å². The molecule has 0 unspecified atom stereocenters. The molecular formula is C29H32ClN3O3S. The Morgan fingerprint density at radius 1 is 0.946 bits per heavy atom. The van der Waals surface area contributed by atoms with E-state index >= 15 is 0 Å². The summed E-state index contributed by atoms with van der Waals surface area (Å²) in [7, 11) is -3.90. The van der Waals surface area contributed by atoms with E-state index in [0.717, 1.165) is 36.3 Å². The van der Waals surface area contributed by atoms with Crippen molar-refractivity contribution in [2.45, 2.75) is 18.4 Å². The molecule has 37 heavy (non-hydrogen) atoms. The minimum absolute atomic E-state index is 0.114. The Morgan fingerprint density at radius 3 is 2.32 bits per heavy atom. The van der Waals surface area contributed by atoms with E-state index in [1.54, 1.807) is 17.0 Å². The number of rotatable bonds is 9. The molecule has 1 amide bonds. The highest BCUT2D eigenvalue weighted by molar-refractivity contribution is 7.89. The molecule has 0 N–H and O–H groups in total. The second-order valence-corrected chi connectivity index (χ2v) is 11.6. The highest BCUT2D eigenvalue weighted by atomic mass is 35.5. The molecule has 8 heteroatoms. The standard InChI is InChI=1S/C29H32ClN3O3S/c1-24-7-5-10-26(21-24)22-33(37(35,36)28-14-12-27(30)13-15-28)23-29(34)32-19-17-31(18-20-32)16-6-11-25-8-3-2-4-9-25/h2-15,21H,16-20,22-23H2,1H3/b11-6+. The van der Waals surface area contributed by atoms with Crippen LogP contribution in [0, 0.1) is 6.92 Å². The van der Waals surface area contributed by atoms with Gasteiger partial charge in [0.05, 0.1) is 11.4 Å². The Morgan fingerprint density at radius 2 is 1.65 bits per heavy atom. The maximum absolute atomic E-state index is 13.5. The SMILES string of the molecule is Cc1cccc(CN(CC(=O)N2CCN(C/C=C/c3ccccc3)CC2)S(=O)(=O)c2ccc(Cl)cc2)c1. The van der Waals surface area contributed by atoms with Crippen LogP contribution in [-0.2, 0) is 21.4 Å². The highest BCUT2D eigenvalue weighted by Crippen LogP contribution is 2.21. The molecule has 194 valence electrons. The maximum atomic E-state index is 13.5. The third kappa shape index (κ3) is 7.52. The number of sulfonamides is 1. The summed E-state index contributed by atoms with van der Waals surface area (Å²) < 4.78 is 28.3. The summed E-state index contributed by atoms with van der Waals surface area (Å²) >= 11 is 5.97. The lowest BCUT2D eigenvalue weighted by Gasteiger charge is -2.35. The number of aryl methyl sites for hydroxylation is 1. The van der Waals surface area contributed by atoms with Gasteiger partial charge < -0.3 is 4.90 Å². The van der Waals surface area contributed by atoms with Crippen molar-refractivity contribution in [2.24, 2.45) is 0 Å². The molecule has 1 heterocycles. The van der Waals surface area contributed by atoms with E-state index in [-0.39, 0.29) is 23.9 Å². The van der Waals surface area contributed by atoms with Gasteiger partial charge in [-0.15, -0.1) is 0 Å². The van der Waals surface area contributed by atoms with Crippen LogP contribution in [0.5, 0.6) is 0 Å². The van der Waals surface area contributed by atoms with E-state index in [0.29, 0.717) is 18.1 Å². The third-order valence-electron chi connectivity index (χ3n) is 6.40. The molecule has 0 spiro atoms. The number of carbonyl (C=O) groups is 1. The van der Waals surface area contributed by atoms with Gasteiger partial charge >= 0.3 is 0 Å². The van der Waals surface area contributed by atoms with Crippen LogP contribution in [0.2, 0.25) is 5.02 Å². The van der Waals surface area contributed by atoms with Crippen LogP contribution in [0.15, 0.2) is 89.8 Å². The Bertz CT molecular complexity index is 1320. The van der Waals surface area contributed by atoms with Crippen LogP contribution >= 0.6 is 11.6 Å². The minimum Gasteiger partial charge on any atom is -0.339 e. The Balaban J connectivity index is 1.41. The highest BCUT2D eigenvalue weighted by Gasteiger charge is 2.30. The molecule has 3 aromatic rings. The summed E-state index contributed by atoms with van der Waals surface area (Å²) in [4.78, 5) is 17.4. The number of carbonyl (C=O) groups excluding carboxylic acids is 1. The van der Waals surface area contributed by atoms with Crippen LogP contribution in [-0.4, -0.2) is 67.7 Å². The number of benzene rings is 3. The van der Waals surface area contributed by atoms with Gasteiger partial charge in [0.2, 0.25) is 15.9 Å². The van der Waals surface area contributed by atoms with Crippen molar-refractivity contribution in [3.8, 4) is 0 Å². The van der Waals surface area contributed by atoms with Gasteiger partial charge in [-0.2, -0.15) is 4.31 Å². The first-order valence-electron chi connectivity index (χ1n) is 12.3. The summed E-state index contributed by atoms with van der Waals surface area (Å²) in [5, 5.41) is 0.455. The smallest absolute Gasteiger partial charge is 0.243 e. The van der Waals surface area contributed by atoms with Gasteiger partial charge in [-0.1, -0.05) is 83.9 Å². The quantitative estimate of drug-likeness (QED) is 0.397. The van der Waals surface area contributed by atoms with Gasteiger partial charge in [0.25, 0.3) is 0 Å². The van der Waals surface area contributed by atoms with Crippen molar-refractivity contribution in [3.63, 3.8) is 0 Å². The number of hydrogen-bond donors (Lipinski definition) is 0. The number of hydrogen-bond acceptors (Lipinski definition) is 4. The second-order valence-electron chi connectivity index (χ2n) is 9.21. The van der Waals surface area contributed by atoms with Crippen molar-refractivity contribution in [3.05, 3.63) is 107 Å². The monoisotopic (exact) mass is 537 g/mol. The van der Waals surface area contributed by atoms with Crippen molar-refractivity contribution >= 4 is 33.6 Å². The minimum atomic E-state index is -3.90. The number of amides is 1. The predicted molar refractivity (Wildman–Crippen MR) is 149 cm³/mol. The third-order valence-corrected chi connectivity index (χ3v) is 8.46. The van der Waals surface area contributed by atoms with Crippen molar-refractivity contribution in [1.82, 2.24) is 14.1 Å². The van der Waals surface area contributed by atoms with Gasteiger partial charge in [0.1, 0.15) is 0 Å². The lowest BCUT2D eigenvalue weighted by molar-refractivity contribution is -0.133. The van der Waals surface area contributed by atoms with Gasteiger partial charge in [0, 0.05) is 44.3 Å². The fourth-order valence-corrected chi connectivity index (χ4v) is 5.83. The molecule has 0 aromatic heterocycles. The molecule has 0 saturated carbocycles. The van der Waals surface area contributed by atoms with Crippen molar-refractivity contribution in [2.75, 3.05) is 39.3 Å². The fraction of sp³-hybridized carbons (Fsp3) is 0.276. The van der Waals surface area contributed by atoms with E-state index < -0.39 is 10.0 Å². The fourth-order valence-electron chi connectivity index (χ4n) is 4.33. The zero-order valence-electron chi connectivity index (χ0n) is 21.0. The first-order chi connectivity index (χ1) is 17.8. The Labute approximate surface area is 224 Å². The molecule has 4 rings (SSSR count). The molecule has 0 aliphatic carbocycles. The van der Waals surface area contributed by atoms with Crippen LogP contribution < -0.4 is 0 Å². The van der Waals surface area contributed by atoms with Crippen LogP contribution in [0.25, 0.3) is 6.08 Å². The van der Waals surface area contributed by atoms with E-state index in [1.807, 2.05) is 49.4 Å². The Hall–Kier alpha value is -2.97. The number of piperazine rings is 1. The average molecular weight is 538 g/mol. The van der Waals surface area contributed by atoms with Crippen molar-refractivity contribution < 1.29 is 13.2 Å². The normalized spacial score (nSPS) is 14.9. The summed E-state index contributed by atoms with van der Waals surface area (Å²) in [5.74, 6) is -0.190. The summed E-state index contributed by atoms with van der Waals surface area (Å²) in [6, 6.07) is 23.9. The van der Waals surface area contributed by atoms with Crippen LogP contribution in [0.1, 0.15) is 16.7 Å². The van der Waals surface area contributed by atoms with E-state index in [9.17, 15) is 13.2 Å². The molecule has 1 saturated heterocycles. The number of nitrogens with zero attached hydrogens (tertiary/aromatic N) is 3. The van der Waals surface area contributed by atoms with Gasteiger partial charge in [-0.25, -0.2) is 8.42 Å². The summed E-state index contributed by atoms with van der Waals surface area (Å²) in [6.45, 7) is 5.28. The topological polar surface area (TPSA) is 60.9 Å². The lowest BCUT2D eigenvalue weighted by Crippen LogP contribution is -2.51. The largest absolute Gasteiger partial charge is 0.339 e. The molecule has 1 aliphatic heterocycles. The van der Waals surface area contributed by atoms with E-state index in [2.05, 4.69) is 29.2 Å². The molecule has 0 bridgehead atoms. The first kappa shape index (κ1) is 27.1. The molecule has 6 nitrogen and oxygen atoms in total. The lowest BCUT2D eigenvalue weighted by atomic mass is 10.1. The molecule has 1 aliphatic rings. The second kappa shape index (κ2) is 12.5. The van der Waals surface area contributed by atoms with Crippen LogP contribution in [0.4, 0.5) is 0 Å².